The molecule has 0 amide bonds. The lowest BCUT2D eigenvalue weighted by molar-refractivity contribution is 0.182. The molecule has 3 rings (SSSR count). The lowest BCUT2D eigenvalue weighted by atomic mass is 10.0. The molecule has 1 atom stereocenters. The van der Waals surface area contributed by atoms with Crippen molar-refractivity contribution < 1.29 is 5.11 Å². The van der Waals surface area contributed by atoms with Crippen LogP contribution < -0.4 is 0 Å². The summed E-state index contributed by atoms with van der Waals surface area (Å²) in [6.45, 7) is 4.20. The van der Waals surface area contributed by atoms with Crippen LogP contribution in [0.1, 0.15) is 27.0 Å². The first-order valence-electron chi connectivity index (χ1n) is 6.86. The molecule has 102 valence electrons. The molecule has 0 aliphatic heterocycles. The van der Waals surface area contributed by atoms with Crippen LogP contribution in [0.5, 0.6) is 0 Å². The van der Waals surface area contributed by atoms with E-state index in [4.69, 9.17) is 0 Å². The van der Waals surface area contributed by atoms with Crippen molar-refractivity contribution in [2.24, 2.45) is 0 Å². The standard InChI is InChI=1S/C18H18OS/c1-12-9-18(20-13(12)2)17(19)11-14-7-8-15-5-3-4-6-16(15)10-14/h3-10,17,19H,11H2,1-2H3. The summed E-state index contributed by atoms with van der Waals surface area (Å²) in [5.41, 5.74) is 2.45. The number of rotatable bonds is 3. The zero-order valence-corrected chi connectivity index (χ0v) is 12.6. The third-order valence-electron chi connectivity index (χ3n) is 3.76. The van der Waals surface area contributed by atoms with E-state index in [-0.39, 0.29) is 0 Å². The number of aliphatic hydroxyl groups excluding tert-OH is 1. The Morgan fingerprint density at radius 3 is 2.45 bits per heavy atom. The minimum Gasteiger partial charge on any atom is -0.387 e. The highest BCUT2D eigenvalue weighted by Gasteiger charge is 2.12. The van der Waals surface area contributed by atoms with Crippen LogP contribution in [0, 0.1) is 13.8 Å². The second-order valence-corrected chi connectivity index (χ2v) is 6.58. The summed E-state index contributed by atoms with van der Waals surface area (Å²) in [4.78, 5) is 2.35. The highest BCUT2D eigenvalue weighted by atomic mass is 32.1. The SMILES string of the molecule is Cc1cc(C(O)Cc2ccc3ccccc3c2)sc1C. The maximum Gasteiger partial charge on any atom is 0.0922 e. The van der Waals surface area contributed by atoms with Crippen LogP contribution in [0.4, 0.5) is 0 Å². The molecular weight excluding hydrogens is 264 g/mol. The second-order valence-electron chi connectivity index (χ2n) is 5.29. The Morgan fingerprint density at radius 2 is 1.75 bits per heavy atom. The van der Waals surface area contributed by atoms with Crippen molar-refractivity contribution in [1.82, 2.24) is 0 Å². The van der Waals surface area contributed by atoms with Gasteiger partial charge >= 0.3 is 0 Å². The lowest BCUT2D eigenvalue weighted by Crippen LogP contribution is -1.99. The van der Waals surface area contributed by atoms with E-state index < -0.39 is 6.10 Å². The van der Waals surface area contributed by atoms with E-state index in [9.17, 15) is 5.11 Å². The third kappa shape index (κ3) is 2.62. The fourth-order valence-electron chi connectivity index (χ4n) is 2.46. The molecule has 0 aliphatic carbocycles. The number of aliphatic hydroxyl groups is 1. The normalized spacial score (nSPS) is 12.8. The van der Waals surface area contributed by atoms with Gasteiger partial charge in [0.25, 0.3) is 0 Å². The van der Waals surface area contributed by atoms with Gasteiger partial charge in [-0.1, -0.05) is 42.5 Å². The molecule has 1 unspecified atom stereocenters. The Kier molecular flexibility index (Phi) is 3.60. The minimum atomic E-state index is -0.409. The van der Waals surface area contributed by atoms with E-state index in [2.05, 4.69) is 56.3 Å². The Hall–Kier alpha value is -1.64. The quantitative estimate of drug-likeness (QED) is 0.732. The van der Waals surface area contributed by atoms with Crippen molar-refractivity contribution in [3.63, 3.8) is 0 Å². The Labute approximate surface area is 123 Å². The molecule has 20 heavy (non-hydrogen) atoms. The van der Waals surface area contributed by atoms with Gasteiger partial charge in [0.05, 0.1) is 6.10 Å². The molecule has 3 aromatic rings. The molecule has 2 aromatic carbocycles. The average Bonchev–Trinajstić information content (AvgIpc) is 2.79. The van der Waals surface area contributed by atoms with Crippen molar-refractivity contribution in [3.05, 3.63) is 69.4 Å². The Balaban J connectivity index is 1.85. The van der Waals surface area contributed by atoms with Gasteiger partial charge in [-0.2, -0.15) is 0 Å². The molecule has 1 N–H and O–H groups in total. The van der Waals surface area contributed by atoms with Gasteiger partial charge in [-0.05, 0) is 41.8 Å². The molecule has 1 heterocycles. The van der Waals surface area contributed by atoms with Crippen LogP contribution in [0.25, 0.3) is 10.8 Å². The molecule has 0 saturated heterocycles. The molecule has 1 nitrogen and oxygen atoms in total. The molecule has 0 radical (unpaired) electrons. The topological polar surface area (TPSA) is 20.2 Å². The van der Waals surface area contributed by atoms with E-state index in [1.54, 1.807) is 11.3 Å². The van der Waals surface area contributed by atoms with Crippen LogP contribution in [-0.4, -0.2) is 5.11 Å². The Bertz CT molecular complexity index is 723. The molecule has 0 fully saturated rings. The average molecular weight is 282 g/mol. The molecule has 0 bridgehead atoms. The van der Waals surface area contributed by atoms with Crippen molar-refractivity contribution in [1.29, 1.82) is 0 Å². The van der Waals surface area contributed by atoms with E-state index in [1.165, 1.54) is 26.8 Å². The summed E-state index contributed by atoms with van der Waals surface area (Å²) >= 11 is 1.70. The second kappa shape index (κ2) is 5.39. The van der Waals surface area contributed by atoms with Gasteiger partial charge in [-0.15, -0.1) is 11.3 Å². The predicted octanol–water partition coefficient (Wildman–Crippen LogP) is 4.79. The highest BCUT2D eigenvalue weighted by Crippen LogP contribution is 2.29. The summed E-state index contributed by atoms with van der Waals surface area (Å²) in [6, 6.07) is 16.8. The highest BCUT2D eigenvalue weighted by molar-refractivity contribution is 7.12. The molecule has 0 aliphatic rings. The van der Waals surface area contributed by atoms with Crippen molar-refractivity contribution in [2.75, 3.05) is 0 Å². The molecule has 2 heteroatoms. The van der Waals surface area contributed by atoms with E-state index in [1.807, 2.05) is 6.07 Å². The largest absolute Gasteiger partial charge is 0.387 e. The van der Waals surface area contributed by atoms with Gasteiger partial charge < -0.3 is 5.11 Å². The van der Waals surface area contributed by atoms with Crippen LogP contribution >= 0.6 is 11.3 Å². The smallest absolute Gasteiger partial charge is 0.0922 e. The zero-order chi connectivity index (χ0) is 14.1. The predicted molar refractivity (Wildman–Crippen MR) is 86.4 cm³/mol. The van der Waals surface area contributed by atoms with Crippen LogP contribution in [0.2, 0.25) is 0 Å². The number of benzene rings is 2. The molecule has 1 aromatic heterocycles. The van der Waals surface area contributed by atoms with Gasteiger partial charge in [-0.3, -0.25) is 0 Å². The lowest BCUT2D eigenvalue weighted by Gasteiger charge is -2.09. The Morgan fingerprint density at radius 1 is 1.00 bits per heavy atom. The van der Waals surface area contributed by atoms with Gasteiger partial charge in [0.1, 0.15) is 0 Å². The number of fused-ring (bicyclic) bond motifs is 1. The maximum atomic E-state index is 10.4. The molecule has 0 saturated carbocycles. The first-order chi connectivity index (χ1) is 9.63. The summed E-state index contributed by atoms with van der Waals surface area (Å²) in [7, 11) is 0. The number of hydrogen-bond acceptors (Lipinski definition) is 2. The summed E-state index contributed by atoms with van der Waals surface area (Å²) < 4.78 is 0. The van der Waals surface area contributed by atoms with Crippen LogP contribution in [0.15, 0.2) is 48.5 Å². The fourth-order valence-corrected chi connectivity index (χ4v) is 3.48. The van der Waals surface area contributed by atoms with E-state index in [0.717, 1.165) is 4.88 Å². The monoisotopic (exact) mass is 282 g/mol. The van der Waals surface area contributed by atoms with Gasteiger partial charge in [0, 0.05) is 16.2 Å². The van der Waals surface area contributed by atoms with E-state index >= 15 is 0 Å². The maximum absolute atomic E-state index is 10.4. The first-order valence-corrected chi connectivity index (χ1v) is 7.68. The third-order valence-corrected chi connectivity index (χ3v) is 5.01. The van der Waals surface area contributed by atoms with Gasteiger partial charge in [-0.25, -0.2) is 0 Å². The van der Waals surface area contributed by atoms with Crippen LogP contribution in [0.3, 0.4) is 0 Å². The number of thiophene rings is 1. The summed E-state index contributed by atoms with van der Waals surface area (Å²) in [5.74, 6) is 0. The van der Waals surface area contributed by atoms with Crippen LogP contribution in [-0.2, 0) is 6.42 Å². The fraction of sp³-hybridized carbons (Fsp3) is 0.222. The summed E-state index contributed by atoms with van der Waals surface area (Å²) in [5, 5.41) is 12.9. The molecule has 0 spiro atoms. The van der Waals surface area contributed by atoms with E-state index in [0.29, 0.717) is 6.42 Å². The molecular formula is C18H18OS. The number of hydrogen-bond donors (Lipinski definition) is 1. The minimum absolute atomic E-state index is 0.409. The number of aryl methyl sites for hydroxylation is 2. The van der Waals surface area contributed by atoms with Gasteiger partial charge in [0.2, 0.25) is 0 Å². The van der Waals surface area contributed by atoms with Crippen molar-refractivity contribution in [2.45, 2.75) is 26.4 Å². The first kappa shape index (κ1) is 13.3. The zero-order valence-electron chi connectivity index (χ0n) is 11.8. The van der Waals surface area contributed by atoms with Crippen molar-refractivity contribution in [3.8, 4) is 0 Å². The summed E-state index contributed by atoms with van der Waals surface area (Å²) in [6.07, 6.45) is 0.262. The van der Waals surface area contributed by atoms with Crippen molar-refractivity contribution >= 4 is 22.1 Å². The van der Waals surface area contributed by atoms with Gasteiger partial charge in [0.15, 0.2) is 0 Å².